The van der Waals surface area contributed by atoms with E-state index in [-0.39, 0.29) is 53.9 Å². The molecule has 10 heteroatoms. The SMILES string of the molecule is NS(=O)(=O)c1cc(C(=O)O)c(NCc2ccco2)cc1Cl.[U]. The number of carbonyl (C=O) groups is 1. The van der Waals surface area contributed by atoms with Crippen molar-refractivity contribution in [1.82, 2.24) is 0 Å². The molecular formula is C12H11ClN2O5SU. The normalized spacial score (nSPS) is 10.8. The molecule has 0 saturated heterocycles. The third-order valence-electron chi connectivity index (χ3n) is 2.64. The van der Waals surface area contributed by atoms with Crippen molar-refractivity contribution in [2.45, 2.75) is 11.4 Å². The molecule has 0 unspecified atom stereocenters. The first kappa shape index (κ1) is 19.1. The van der Waals surface area contributed by atoms with Crippen molar-refractivity contribution in [2.24, 2.45) is 5.14 Å². The molecule has 2 rings (SSSR count). The summed E-state index contributed by atoms with van der Waals surface area (Å²) >= 11 is 5.84. The molecule has 0 saturated carbocycles. The van der Waals surface area contributed by atoms with Gasteiger partial charge in [-0.15, -0.1) is 0 Å². The Labute approximate surface area is 155 Å². The van der Waals surface area contributed by atoms with Gasteiger partial charge in [-0.05, 0) is 24.3 Å². The molecule has 1 aromatic carbocycles. The van der Waals surface area contributed by atoms with Gasteiger partial charge in [-0.1, -0.05) is 11.6 Å². The van der Waals surface area contributed by atoms with E-state index in [2.05, 4.69) is 5.32 Å². The van der Waals surface area contributed by atoms with Crippen LogP contribution >= 0.6 is 11.6 Å². The van der Waals surface area contributed by atoms with E-state index in [1.165, 1.54) is 12.3 Å². The van der Waals surface area contributed by atoms with Crippen molar-refractivity contribution in [3.05, 3.63) is 46.9 Å². The number of rotatable bonds is 5. The minimum Gasteiger partial charge on any atom is -0.478 e. The van der Waals surface area contributed by atoms with E-state index in [9.17, 15) is 13.2 Å². The first-order valence-electron chi connectivity index (χ1n) is 5.65. The molecule has 2 aromatic rings. The van der Waals surface area contributed by atoms with Gasteiger partial charge in [-0.3, -0.25) is 0 Å². The van der Waals surface area contributed by atoms with E-state index in [4.69, 9.17) is 26.3 Å². The molecule has 7 nitrogen and oxygen atoms in total. The van der Waals surface area contributed by atoms with E-state index in [0.29, 0.717) is 5.76 Å². The number of furan rings is 1. The number of sulfonamides is 1. The Morgan fingerprint density at radius 3 is 2.59 bits per heavy atom. The number of hydrogen-bond donors (Lipinski definition) is 3. The van der Waals surface area contributed by atoms with Gasteiger partial charge in [0.05, 0.1) is 29.1 Å². The summed E-state index contributed by atoms with van der Waals surface area (Å²) in [7, 11) is -4.11. The summed E-state index contributed by atoms with van der Waals surface area (Å²) in [6.45, 7) is 0.221. The summed E-state index contributed by atoms with van der Waals surface area (Å²) < 4.78 is 27.8. The van der Waals surface area contributed by atoms with Gasteiger partial charge >= 0.3 is 5.97 Å². The Morgan fingerprint density at radius 1 is 1.41 bits per heavy atom. The molecule has 22 heavy (non-hydrogen) atoms. The van der Waals surface area contributed by atoms with Gasteiger partial charge in [0.2, 0.25) is 10.0 Å². The molecule has 4 N–H and O–H groups in total. The van der Waals surface area contributed by atoms with Gasteiger partial charge in [0.15, 0.2) is 0 Å². The Hall–Kier alpha value is -0.978. The average Bonchev–Trinajstić information content (AvgIpc) is 2.87. The molecule has 116 valence electrons. The number of carboxylic acid groups (broad SMARTS) is 1. The standard InChI is InChI=1S/C12H11ClN2O5S.U/c13-9-5-10(15-6-7-2-1-3-20-7)8(12(16)17)4-11(9)21(14,18)19;/h1-5,15H,6H2,(H,16,17)(H2,14,18,19);. The Balaban J connectivity index is 0.00000242. The molecule has 0 aliphatic heterocycles. The zero-order valence-electron chi connectivity index (χ0n) is 11.0. The molecule has 0 fully saturated rings. The van der Waals surface area contributed by atoms with Crippen molar-refractivity contribution < 1.29 is 53.8 Å². The summed E-state index contributed by atoms with van der Waals surface area (Å²) in [4.78, 5) is 10.8. The molecule has 1 heterocycles. The second-order valence-electron chi connectivity index (χ2n) is 4.11. The van der Waals surface area contributed by atoms with Crippen LogP contribution < -0.4 is 10.5 Å². The first-order chi connectivity index (χ1) is 9.79. The molecule has 0 bridgehead atoms. The van der Waals surface area contributed by atoms with Crippen LogP contribution in [0.1, 0.15) is 16.1 Å². The quantitative estimate of drug-likeness (QED) is 0.506. The van der Waals surface area contributed by atoms with Crippen molar-refractivity contribution >= 4 is 33.3 Å². The fraction of sp³-hybridized carbons (Fsp3) is 0.0833. The van der Waals surface area contributed by atoms with Gasteiger partial charge in [0.25, 0.3) is 0 Å². The maximum atomic E-state index is 11.3. The van der Waals surface area contributed by atoms with Crippen LogP contribution in [0.25, 0.3) is 0 Å². The number of nitrogens with one attached hydrogen (secondary N) is 1. The van der Waals surface area contributed by atoms with E-state index in [1.807, 2.05) is 0 Å². The second kappa shape index (κ2) is 7.53. The zero-order chi connectivity index (χ0) is 15.6. The van der Waals surface area contributed by atoms with Crippen LogP contribution in [0.4, 0.5) is 5.69 Å². The van der Waals surface area contributed by atoms with Crippen molar-refractivity contribution in [3.63, 3.8) is 0 Å². The van der Waals surface area contributed by atoms with Crippen LogP contribution in [-0.4, -0.2) is 19.5 Å². The molecule has 0 spiro atoms. The minimum atomic E-state index is -4.11. The third kappa shape index (κ3) is 4.51. The fourth-order valence-electron chi connectivity index (χ4n) is 1.69. The maximum Gasteiger partial charge on any atom is 0.337 e. The summed E-state index contributed by atoms with van der Waals surface area (Å²) in [5.41, 5.74) is -0.0914. The monoisotopic (exact) mass is 568 g/mol. The Morgan fingerprint density at radius 2 is 2.09 bits per heavy atom. The molecule has 0 aliphatic carbocycles. The number of anilines is 1. The van der Waals surface area contributed by atoms with Gasteiger partial charge in [0, 0.05) is 31.1 Å². The number of primary sulfonamides is 1. The molecule has 0 aliphatic rings. The smallest absolute Gasteiger partial charge is 0.337 e. The number of hydrogen-bond acceptors (Lipinski definition) is 5. The summed E-state index contributed by atoms with van der Waals surface area (Å²) in [6.07, 6.45) is 1.48. The Bertz CT molecular complexity index is 777. The molecule has 1 aromatic heterocycles. The zero-order valence-corrected chi connectivity index (χ0v) is 16.8. The van der Waals surface area contributed by atoms with Gasteiger partial charge < -0.3 is 14.8 Å². The van der Waals surface area contributed by atoms with Crippen LogP contribution in [0.3, 0.4) is 0 Å². The van der Waals surface area contributed by atoms with E-state index < -0.39 is 20.9 Å². The van der Waals surface area contributed by atoms with Crippen LogP contribution in [0, 0.1) is 31.1 Å². The van der Waals surface area contributed by atoms with Gasteiger partial charge in [0.1, 0.15) is 10.7 Å². The van der Waals surface area contributed by atoms with Gasteiger partial charge in [-0.2, -0.15) is 0 Å². The van der Waals surface area contributed by atoms with Crippen LogP contribution in [0.15, 0.2) is 39.8 Å². The van der Waals surface area contributed by atoms with Gasteiger partial charge in [-0.25, -0.2) is 18.4 Å². The summed E-state index contributed by atoms with van der Waals surface area (Å²) in [5, 5.41) is 16.8. The maximum absolute atomic E-state index is 11.3. The van der Waals surface area contributed by atoms with E-state index in [0.717, 1.165) is 6.07 Å². The molecule has 0 amide bonds. The molecule has 0 radical (unpaired) electrons. The minimum absolute atomic E-state index is 0. The number of nitrogens with two attached hydrogens (primary N) is 1. The summed E-state index contributed by atoms with van der Waals surface area (Å²) in [6, 6.07) is 5.51. The number of halogens is 1. The van der Waals surface area contributed by atoms with Crippen LogP contribution in [-0.2, 0) is 16.6 Å². The van der Waals surface area contributed by atoms with Crippen LogP contribution in [0.5, 0.6) is 0 Å². The predicted octanol–water partition coefficient (Wildman–Crippen LogP) is 1.89. The number of benzene rings is 1. The first-order valence-corrected chi connectivity index (χ1v) is 7.57. The topological polar surface area (TPSA) is 123 Å². The number of aromatic carboxylic acids is 1. The third-order valence-corrected chi connectivity index (χ3v) is 4.02. The van der Waals surface area contributed by atoms with Crippen molar-refractivity contribution in [2.75, 3.05) is 5.32 Å². The predicted molar refractivity (Wildman–Crippen MR) is 75.8 cm³/mol. The number of carboxylic acids is 1. The molecular weight excluding hydrogens is 558 g/mol. The van der Waals surface area contributed by atoms with Crippen molar-refractivity contribution in [3.8, 4) is 0 Å². The largest absolute Gasteiger partial charge is 0.478 e. The fourth-order valence-corrected chi connectivity index (χ4v) is 2.79. The molecule has 0 atom stereocenters. The Kier molecular flexibility index (Phi) is 6.53. The van der Waals surface area contributed by atoms with Crippen LogP contribution in [0.2, 0.25) is 5.02 Å². The summed E-state index contributed by atoms with van der Waals surface area (Å²) in [5.74, 6) is -0.725. The van der Waals surface area contributed by atoms with E-state index >= 15 is 0 Å². The van der Waals surface area contributed by atoms with Crippen molar-refractivity contribution in [1.29, 1.82) is 0 Å². The second-order valence-corrected chi connectivity index (χ2v) is 6.05. The van der Waals surface area contributed by atoms with E-state index in [1.54, 1.807) is 12.1 Å². The average molecular weight is 569 g/mol.